The average molecular weight is 606 g/mol. The van der Waals surface area contributed by atoms with E-state index >= 15 is 0 Å². The molecule has 0 unspecified atom stereocenters. The number of esters is 1. The number of sulfonamides is 1. The van der Waals surface area contributed by atoms with E-state index in [1.54, 1.807) is 42.5 Å². The summed E-state index contributed by atoms with van der Waals surface area (Å²) in [6, 6.07) is 20.1. The Bertz CT molecular complexity index is 1410. The number of carbonyl (C=O) groups excluding carboxylic acids is 1. The van der Waals surface area contributed by atoms with Crippen molar-refractivity contribution in [1.82, 2.24) is 4.72 Å². The molecule has 2 N–H and O–H groups in total. The Balaban J connectivity index is 1.31. The predicted octanol–water partition coefficient (Wildman–Crippen LogP) is 7.88. The second-order valence-electron chi connectivity index (χ2n) is 11.7. The van der Waals surface area contributed by atoms with Gasteiger partial charge in [0, 0.05) is 0 Å². The third kappa shape index (κ3) is 9.49. The molecule has 1 aliphatic carbocycles. The number of fused-ring (bicyclic) bond motifs is 3. The fourth-order valence-corrected chi connectivity index (χ4v) is 7.01. The normalized spacial score (nSPS) is 13.7. The summed E-state index contributed by atoms with van der Waals surface area (Å²) >= 11 is 0. The van der Waals surface area contributed by atoms with Gasteiger partial charge in [-0.25, -0.2) is 8.42 Å². The Morgan fingerprint density at radius 2 is 1.35 bits per heavy atom. The zero-order valence-corrected chi connectivity index (χ0v) is 26.3. The Kier molecular flexibility index (Phi) is 12.8. The van der Waals surface area contributed by atoms with E-state index in [0.717, 1.165) is 41.5 Å². The van der Waals surface area contributed by atoms with Crippen LogP contribution in [0.3, 0.4) is 0 Å². The highest BCUT2D eigenvalue weighted by molar-refractivity contribution is 7.89. The topological polar surface area (TPSA) is 92.7 Å². The molecule has 1 aliphatic rings. The molecule has 3 aromatic carbocycles. The lowest BCUT2D eigenvalue weighted by Crippen LogP contribution is -2.46. The van der Waals surface area contributed by atoms with Gasteiger partial charge in [-0.05, 0) is 52.8 Å². The number of carbonyl (C=O) groups is 1. The van der Waals surface area contributed by atoms with Gasteiger partial charge in [0.15, 0.2) is 0 Å². The Morgan fingerprint density at radius 1 is 0.767 bits per heavy atom. The highest BCUT2D eigenvalue weighted by Crippen LogP contribution is 2.37. The molecule has 0 heterocycles. The second-order valence-corrected chi connectivity index (χ2v) is 13.4. The maximum Gasteiger partial charge on any atom is 0.327 e. The van der Waals surface area contributed by atoms with Crippen LogP contribution >= 0.6 is 0 Å². The van der Waals surface area contributed by atoms with E-state index in [1.807, 2.05) is 30.3 Å². The van der Waals surface area contributed by atoms with Crippen molar-refractivity contribution >= 4 is 16.0 Å². The molecule has 43 heavy (non-hydrogen) atoms. The largest absolute Gasteiger partial charge is 0.464 e. The number of hydrogen-bond acceptors (Lipinski definition) is 5. The van der Waals surface area contributed by atoms with Crippen LogP contribution in [0.15, 0.2) is 77.7 Å². The second kappa shape index (κ2) is 16.7. The molecule has 3 aromatic rings. The lowest BCUT2D eigenvalue weighted by molar-refractivity contribution is -0.148. The zero-order valence-electron chi connectivity index (χ0n) is 25.5. The first kappa shape index (κ1) is 32.9. The van der Waals surface area contributed by atoms with Crippen LogP contribution in [-0.2, 0) is 26.0 Å². The lowest BCUT2D eigenvalue weighted by atomic mass is 10.0. The summed E-state index contributed by atoms with van der Waals surface area (Å²) in [6.07, 6.45) is 13.7. The van der Waals surface area contributed by atoms with Gasteiger partial charge in [-0.1, -0.05) is 138 Å². The number of unbranched alkanes of at least 4 members (excludes halogenated alkanes) is 11. The van der Waals surface area contributed by atoms with Gasteiger partial charge in [-0.2, -0.15) is 4.72 Å². The molecular formula is C36H47NO5S. The molecule has 4 rings (SSSR count). The molecule has 7 heteroatoms. The number of ether oxygens (including phenoxy) is 1. The van der Waals surface area contributed by atoms with E-state index < -0.39 is 28.1 Å². The number of hydrogen-bond donors (Lipinski definition) is 2. The molecule has 232 valence electrons. The SMILES string of the molecule is CCCCCCCCCCCCCCOC(=O)[C@H](NS(=O)(=O)c1ccc2c(c1)-c1ccccc1C2)[C@@H](O)c1ccccc1. The van der Waals surface area contributed by atoms with Crippen LogP contribution in [0.4, 0.5) is 0 Å². The van der Waals surface area contributed by atoms with Crippen LogP contribution in [-0.4, -0.2) is 32.1 Å². The first-order valence-electron chi connectivity index (χ1n) is 16.0. The average Bonchev–Trinajstić information content (AvgIpc) is 3.40. The molecular weight excluding hydrogens is 558 g/mol. The summed E-state index contributed by atoms with van der Waals surface area (Å²) in [5.74, 6) is -0.783. The minimum absolute atomic E-state index is 0.0435. The van der Waals surface area contributed by atoms with Crippen LogP contribution < -0.4 is 4.72 Å². The number of aliphatic hydroxyl groups is 1. The Morgan fingerprint density at radius 3 is 2.02 bits per heavy atom. The first-order valence-corrected chi connectivity index (χ1v) is 17.5. The lowest BCUT2D eigenvalue weighted by Gasteiger charge is -2.23. The Hall–Kier alpha value is -3.00. The van der Waals surface area contributed by atoms with Crippen LogP contribution in [0.2, 0.25) is 0 Å². The van der Waals surface area contributed by atoms with Gasteiger partial charge in [0.2, 0.25) is 10.0 Å². The molecule has 0 spiro atoms. The molecule has 0 amide bonds. The van der Waals surface area contributed by atoms with Crippen molar-refractivity contribution in [2.24, 2.45) is 0 Å². The number of benzene rings is 3. The van der Waals surface area contributed by atoms with Crippen molar-refractivity contribution in [2.45, 2.75) is 107 Å². The predicted molar refractivity (Wildman–Crippen MR) is 172 cm³/mol. The molecule has 0 bridgehead atoms. The van der Waals surface area contributed by atoms with E-state index in [1.165, 1.54) is 57.8 Å². The van der Waals surface area contributed by atoms with Crippen LogP contribution in [0, 0.1) is 0 Å². The molecule has 0 radical (unpaired) electrons. The fraction of sp³-hybridized carbons (Fsp3) is 0.472. The van der Waals surface area contributed by atoms with Crippen molar-refractivity contribution in [3.8, 4) is 11.1 Å². The summed E-state index contributed by atoms with van der Waals surface area (Å²) in [5.41, 5.74) is 4.52. The van der Waals surface area contributed by atoms with Gasteiger partial charge >= 0.3 is 5.97 Å². The van der Waals surface area contributed by atoms with Crippen LogP contribution in [0.5, 0.6) is 0 Å². The summed E-state index contributed by atoms with van der Waals surface area (Å²) in [6.45, 7) is 2.43. The third-order valence-corrected chi connectivity index (χ3v) is 9.75. The van der Waals surface area contributed by atoms with Gasteiger partial charge in [0.1, 0.15) is 12.1 Å². The minimum atomic E-state index is -4.15. The zero-order chi connectivity index (χ0) is 30.5. The highest BCUT2D eigenvalue weighted by atomic mass is 32.2. The molecule has 0 aromatic heterocycles. The maximum absolute atomic E-state index is 13.6. The first-order chi connectivity index (χ1) is 20.9. The molecule has 0 saturated carbocycles. The maximum atomic E-state index is 13.6. The molecule has 2 atom stereocenters. The van der Waals surface area contributed by atoms with E-state index in [9.17, 15) is 18.3 Å². The third-order valence-electron chi connectivity index (χ3n) is 8.32. The van der Waals surface area contributed by atoms with E-state index in [-0.39, 0.29) is 11.5 Å². The van der Waals surface area contributed by atoms with E-state index in [4.69, 9.17) is 4.74 Å². The summed E-state index contributed by atoms with van der Waals surface area (Å²) < 4.78 is 35.1. The standard InChI is InChI=1S/C36H47NO5S/c1-2-3-4-5-6-7-8-9-10-11-12-18-25-42-36(39)34(35(38)28-19-14-13-15-20-28)37-43(40,41)31-24-23-30-26-29-21-16-17-22-32(29)33(30)27-31/h13-17,19-24,27,34-35,37-38H,2-12,18,25-26H2,1H3/t34-,35+/m1/s1. The van der Waals surface area contributed by atoms with E-state index in [0.29, 0.717) is 12.0 Å². The summed E-state index contributed by atoms with van der Waals surface area (Å²) in [4.78, 5) is 13.3. The van der Waals surface area contributed by atoms with Gasteiger partial charge in [0.05, 0.1) is 11.5 Å². The van der Waals surface area contributed by atoms with Crippen molar-refractivity contribution in [3.05, 3.63) is 89.5 Å². The smallest absolute Gasteiger partial charge is 0.327 e. The Labute approximate surface area is 257 Å². The quantitative estimate of drug-likeness (QED) is 0.0838. The number of aliphatic hydroxyl groups excluding tert-OH is 1. The number of rotatable bonds is 19. The summed E-state index contributed by atoms with van der Waals surface area (Å²) in [7, 11) is -4.15. The van der Waals surface area contributed by atoms with Gasteiger partial charge < -0.3 is 9.84 Å². The minimum Gasteiger partial charge on any atom is -0.464 e. The fourth-order valence-electron chi connectivity index (χ4n) is 5.79. The highest BCUT2D eigenvalue weighted by Gasteiger charge is 2.34. The van der Waals surface area contributed by atoms with E-state index in [2.05, 4.69) is 11.6 Å². The summed E-state index contributed by atoms with van der Waals surface area (Å²) in [5, 5.41) is 11.1. The molecule has 0 saturated heterocycles. The molecule has 0 fully saturated rings. The van der Waals surface area contributed by atoms with Gasteiger partial charge in [-0.3, -0.25) is 4.79 Å². The van der Waals surface area contributed by atoms with Crippen molar-refractivity contribution < 1.29 is 23.1 Å². The molecule has 6 nitrogen and oxygen atoms in total. The van der Waals surface area contributed by atoms with Gasteiger partial charge in [0.25, 0.3) is 0 Å². The van der Waals surface area contributed by atoms with Gasteiger partial charge in [-0.15, -0.1) is 0 Å². The van der Waals surface area contributed by atoms with Crippen molar-refractivity contribution in [3.63, 3.8) is 0 Å². The van der Waals surface area contributed by atoms with Crippen LogP contribution in [0.25, 0.3) is 11.1 Å². The number of nitrogens with one attached hydrogen (secondary N) is 1. The van der Waals surface area contributed by atoms with Crippen molar-refractivity contribution in [1.29, 1.82) is 0 Å². The van der Waals surface area contributed by atoms with Crippen LogP contribution in [0.1, 0.15) is 107 Å². The monoisotopic (exact) mass is 605 g/mol. The van der Waals surface area contributed by atoms with Crippen molar-refractivity contribution in [2.75, 3.05) is 6.61 Å². The molecule has 0 aliphatic heterocycles.